The predicted molar refractivity (Wildman–Crippen MR) is 85.5 cm³/mol. The van der Waals surface area contributed by atoms with Crippen LogP contribution in [0.2, 0.25) is 0 Å². The third-order valence-electron chi connectivity index (χ3n) is 4.31. The van der Waals surface area contributed by atoms with Gasteiger partial charge in [-0.1, -0.05) is 13.8 Å². The number of aryl methyl sites for hydroxylation is 2. The Kier molecular flexibility index (Phi) is 4.26. The van der Waals surface area contributed by atoms with E-state index in [4.69, 9.17) is 0 Å². The molecule has 0 aliphatic carbocycles. The van der Waals surface area contributed by atoms with Gasteiger partial charge in [-0.05, 0) is 51.8 Å². The molecule has 1 amide bonds. The van der Waals surface area contributed by atoms with Gasteiger partial charge < -0.3 is 5.32 Å². The number of carbonyl (C=O) groups is 1. The smallest absolute Gasteiger partial charge is 0.251 e. The summed E-state index contributed by atoms with van der Waals surface area (Å²) < 4.78 is 0. The fourth-order valence-corrected chi connectivity index (χ4v) is 2.14. The van der Waals surface area contributed by atoms with Crippen molar-refractivity contribution in [2.45, 2.75) is 53.0 Å². The van der Waals surface area contributed by atoms with Crippen molar-refractivity contribution in [3.8, 4) is 0 Å². The van der Waals surface area contributed by atoms with E-state index in [9.17, 15) is 4.79 Å². The highest BCUT2D eigenvalue weighted by Crippen LogP contribution is 2.17. The van der Waals surface area contributed by atoms with E-state index in [2.05, 4.69) is 36.1 Å². The van der Waals surface area contributed by atoms with Gasteiger partial charge in [0.05, 0.1) is 22.4 Å². The van der Waals surface area contributed by atoms with Crippen LogP contribution in [0.5, 0.6) is 0 Å². The van der Waals surface area contributed by atoms with E-state index in [0.29, 0.717) is 5.56 Å². The summed E-state index contributed by atoms with van der Waals surface area (Å²) in [5.41, 5.74) is 3.87. The van der Waals surface area contributed by atoms with Gasteiger partial charge in [0.1, 0.15) is 0 Å². The zero-order chi connectivity index (χ0) is 15.6. The Morgan fingerprint density at radius 1 is 1.10 bits per heavy atom. The fraction of sp³-hybridized carbons (Fsp3) is 0.471. The summed E-state index contributed by atoms with van der Waals surface area (Å²) in [6, 6.07) is 5.49. The summed E-state index contributed by atoms with van der Waals surface area (Å²) in [7, 11) is 0. The molecule has 0 bridgehead atoms. The van der Waals surface area contributed by atoms with Crippen LogP contribution in [0.25, 0.3) is 11.0 Å². The summed E-state index contributed by atoms with van der Waals surface area (Å²) in [5.74, 6) is -0.0527. The van der Waals surface area contributed by atoms with Gasteiger partial charge >= 0.3 is 0 Å². The third kappa shape index (κ3) is 3.20. The van der Waals surface area contributed by atoms with Gasteiger partial charge in [-0.2, -0.15) is 0 Å². The number of carbonyl (C=O) groups excluding carboxylic acids is 1. The van der Waals surface area contributed by atoms with Crippen molar-refractivity contribution in [1.29, 1.82) is 0 Å². The quantitative estimate of drug-likeness (QED) is 0.934. The molecule has 0 atom stereocenters. The molecule has 0 fully saturated rings. The van der Waals surface area contributed by atoms with E-state index in [0.717, 1.165) is 35.3 Å². The van der Waals surface area contributed by atoms with Crippen molar-refractivity contribution in [2.75, 3.05) is 0 Å². The number of fused-ring (bicyclic) bond motifs is 1. The van der Waals surface area contributed by atoms with Crippen molar-refractivity contribution in [3.05, 3.63) is 35.2 Å². The molecule has 4 nitrogen and oxygen atoms in total. The maximum Gasteiger partial charge on any atom is 0.251 e. The molecule has 0 saturated carbocycles. The van der Waals surface area contributed by atoms with E-state index < -0.39 is 0 Å². The molecule has 1 aromatic carbocycles. The van der Waals surface area contributed by atoms with Crippen LogP contribution < -0.4 is 5.32 Å². The first-order valence-corrected chi connectivity index (χ1v) is 7.46. The molecule has 21 heavy (non-hydrogen) atoms. The van der Waals surface area contributed by atoms with E-state index in [1.165, 1.54) is 0 Å². The molecule has 4 heteroatoms. The van der Waals surface area contributed by atoms with Gasteiger partial charge in [-0.25, -0.2) is 9.97 Å². The molecule has 0 unspecified atom stereocenters. The zero-order valence-corrected chi connectivity index (χ0v) is 13.4. The zero-order valence-electron chi connectivity index (χ0n) is 13.4. The highest BCUT2D eigenvalue weighted by Gasteiger charge is 2.22. The molecule has 2 aromatic rings. The minimum Gasteiger partial charge on any atom is -0.347 e. The van der Waals surface area contributed by atoms with Crippen LogP contribution in [-0.2, 0) is 0 Å². The molecule has 0 radical (unpaired) electrons. The van der Waals surface area contributed by atoms with Crippen LogP contribution in [0.15, 0.2) is 18.2 Å². The molecule has 1 N–H and O–H groups in total. The number of aromatic nitrogens is 2. The third-order valence-corrected chi connectivity index (χ3v) is 4.31. The molecule has 1 aromatic heterocycles. The van der Waals surface area contributed by atoms with Gasteiger partial charge in [0.2, 0.25) is 0 Å². The summed E-state index contributed by atoms with van der Waals surface area (Å²) in [4.78, 5) is 21.4. The first-order valence-electron chi connectivity index (χ1n) is 7.46. The maximum atomic E-state index is 12.4. The van der Waals surface area contributed by atoms with Gasteiger partial charge in [0.25, 0.3) is 5.91 Å². The lowest BCUT2D eigenvalue weighted by Crippen LogP contribution is -2.44. The second kappa shape index (κ2) is 5.80. The number of amides is 1. The van der Waals surface area contributed by atoms with Crippen molar-refractivity contribution in [3.63, 3.8) is 0 Å². The van der Waals surface area contributed by atoms with Gasteiger partial charge in [-0.3, -0.25) is 4.79 Å². The number of nitrogens with zero attached hydrogens (tertiary/aromatic N) is 2. The fourth-order valence-electron chi connectivity index (χ4n) is 2.14. The Morgan fingerprint density at radius 3 is 2.24 bits per heavy atom. The molecular weight excluding hydrogens is 262 g/mol. The predicted octanol–water partition coefficient (Wildman–Crippen LogP) is 3.56. The Morgan fingerprint density at radius 2 is 1.67 bits per heavy atom. The monoisotopic (exact) mass is 285 g/mol. The topological polar surface area (TPSA) is 54.9 Å². The first kappa shape index (κ1) is 15.4. The van der Waals surface area contributed by atoms with Gasteiger partial charge in [-0.15, -0.1) is 0 Å². The lowest BCUT2D eigenvalue weighted by atomic mass is 9.95. The molecule has 0 aliphatic heterocycles. The summed E-state index contributed by atoms with van der Waals surface area (Å²) in [6.07, 6.45) is 1.81. The largest absolute Gasteiger partial charge is 0.347 e. The van der Waals surface area contributed by atoms with E-state index in [-0.39, 0.29) is 11.4 Å². The average Bonchev–Trinajstić information content (AvgIpc) is 2.47. The Bertz CT molecular complexity index is 675. The van der Waals surface area contributed by atoms with E-state index in [1.54, 1.807) is 0 Å². The van der Waals surface area contributed by atoms with Crippen molar-refractivity contribution in [1.82, 2.24) is 15.3 Å². The average molecular weight is 285 g/mol. The van der Waals surface area contributed by atoms with E-state index in [1.807, 2.05) is 32.0 Å². The Balaban J connectivity index is 2.34. The minimum atomic E-state index is -0.166. The molecule has 0 spiro atoms. The second-order valence-corrected chi connectivity index (χ2v) is 5.82. The lowest BCUT2D eigenvalue weighted by molar-refractivity contribution is 0.0901. The molecular formula is C17H23N3O. The molecule has 112 valence electrons. The molecule has 2 rings (SSSR count). The first-order chi connectivity index (χ1) is 9.88. The summed E-state index contributed by atoms with van der Waals surface area (Å²) in [5, 5.41) is 3.11. The van der Waals surface area contributed by atoms with Crippen LogP contribution in [0.3, 0.4) is 0 Å². The van der Waals surface area contributed by atoms with Crippen LogP contribution >= 0.6 is 0 Å². The number of hydrogen-bond donors (Lipinski definition) is 1. The number of nitrogens with one attached hydrogen (secondary N) is 1. The van der Waals surface area contributed by atoms with E-state index >= 15 is 0 Å². The lowest BCUT2D eigenvalue weighted by Gasteiger charge is -2.28. The Labute approximate surface area is 126 Å². The van der Waals surface area contributed by atoms with Crippen LogP contribution in [0.1, 0.15) is 55.4 Å². The standard InChI is InChI=1S/C17H23N3O/c1-6-17(5,7-2)20-16(21)13-8-9-14-15(10-13)19-12(4)11(3)18-14/h8-10H,6-7H2,1-5H3,(H,20,21). The molecule has 0 aliphatic rings. The van der Waals surface area contributed by atoms with Crippen molar-refractivity contribution in [2.24, 2.45) is 0 Å². The van der Waals surface area contributed by atoms with Crippen LogP contribution in [-0.4, -0.2) is 21.4 Å². The normalized spacial score (nSPS) is 11.7. The number of benzene rings is 1. The SMILES string of the molecule is CCC(C)(CC)NC(=O)c1ccc2nc(C)c(C)nc2c1. The summed E-state index contributed by atoms with van der Waals surface area (Å²) in [6.45, 7) is 10.1. The summed E-state index contributed by atoms with van der Waals surface area (Å²) >= 11 is 0. The number of hydrogen-bond acceptors (Lipinski definition) is 3. The molecule has 1 heterocycles. The van der Waals surface area contributed by atoms with Gasteiger partial charge in [0.15, 0.2) is 0 Å². The van der Waals surface area contributed by atoms with Gasteiger partial charge in [0, 0.05) is 11.1 Å². The van der Waals surface area contributed by atoms with Crippen molar-refractivity contribution >= 4 is 16.9 Å². The van der Waals surface area contributed by atoms with Crippen LogP contribution in [0.4, 0.5) is 0 Å². The van der Waals surface area contributed by atoms with Crippen molar-refractivity contribution < 1.29 is 4.79 Å². The highest BCUT2D eigenvalue weighted by molar-refractivity contribution is 5.97. The molecule has 0 saturated heterocycles. The second-order valence-electron chi connectivity index (χ2n) is 5.82. The number of rotatable bonds is 4. The maximum absolute atomic E-state index is 12.4. The Hall–Kier alpha value is -1.97. The highest BCUT2D eigenvalue weighted by atomic mass is 16.1. The minimum absolute atomic E-state index is 0.0527. The van der Waals surface area contributed by atoms with Crippen LogP contribution in [0, 0.1) is 13.8 Å².